The molecule has 0 atom stereocenters. The van der Waals surface area contributed by atoms with Crippen LogP contribution >= 0.6 is 12.2 Å². The lowest BCUT2D eigenvalue weighted by Gasteiger charge is -2.05. The summed E-state index contributed by atoms with van der Waals surface area (Å²) in [5.74, 6) is 5.68. The molecule has 0 aliphatic heterocycles. The second-order valence-corrected chi connectivity index (χ2v) is 7.49. The first-order valence-corrected chi connectivity index (χ1v) is 10.6. The second kappa shape index (κ2) is 10.6. The summed E-state index contributed by atoms with van der Waals surface area (Å²) in [6, 6.07) is 20.1. The van der Waals surface area contributed by atoms with Crippen molar-refractivity contribution in [3.63, 3.8) is 0 Å². The Labute approximate surface area is 183 Å². The molecule has 3 rings (SSSR count). The Morgan fingerprint density at radius 1 is 0.867 bits per heavy atom. The molecule has 0 unspecified atom stereocenters. The van der Waals surface area contributed by atoms with Gasteiger partial charge in [0.1, 0.15) is 5.69 Å². The smallest absolute Gasteiger partial charge is 0.151 e. The highest BCUT2D eigenvalue weighted by atomic mass is 32.1. The quantitative estimate of drug-likeness (QED) is 0.175. The monoisotopic (exact) mass is 413 g/mol. The maximum atomic E-state index is 14.1. The first-order valence-electron chi connectivity index (χ1n) is 10.2. The van der Waals surface area contributed by atoms with Crippen LogP contribution in [-0.4, -0.2) is 5.16 Å². The first kappa shape index (κ1) is 21.7. The van der Waals surface area contributed by atoms with Crippen molar-refractivity contribution in [2.45, 2.75) is 39.5 Å². The average molecular weight is 414 g/mol. The van der Waals surface area contributed by atoms with Crippen LogP contribution in [0.5, 0.6) is 0 Å². The minimum atomic E-state index is -0.440. The number of rotatable bonds is 6. The van der Waals surface area contributed by atoms with Gasteiger partial charge in [0.15, 0.2) is 5.82 Å². The molecule has 3 heteroatoms. The van der Waals surface area contributed by atoms with Gasteiger partial charge in [0.2, 0.25) is 0 Å². The van der Waals surface area contributed by atoms with Gasteiger partial charge in [-0.15, -0.1) is 0 Å². The maximum absolute atomic E-state index is 14.1. The van der Waals surface area contributed by atoms with Crippen molar-refractivity contribution in [1.29, 1.82) is 0 Å². The van der Waals surface area contributed by atoms with Crippen LogP contribution in [0.4, 0.5) is 10.1 Å². The third kappa shape index (κ3) is 5.74. The van der Waals surface area contributed by atoms with E-state index < -0.39 is 5.82 Å². The van der Waals surface area contributed by atoms with Gasteiger partial charge >= 0.3 is 0 Å². The molecule has 0 N–H and O–H groups in total. The molecular formula is C27H24FNS. The third-order valence-electron chi connectivity index (χ3n) is 5.00. The number of isothiocyanates is 1. The first-order chi connectivity index (χ1) is 14.6. The predicted octanol–water partition coefficient (Wildman–Crippen LogP) is 7.67. The fourth-order valence-electron chi connectivity index (χ4n) is 3.33. The topological polar surface area (TPSA) is 12.4 Å². The van der Waals surface area contributed by atoms with Crippen molar-refractivity contribution in [3.8, 4) is 23.0 Å². The van der Waals surface area contributed by atoms with Gasteiger partial charge in [-0.1, -0.05) is 68.0 Å². The van der Waals surface area contributed by atoms with Crippen LogP contribution in [0.2, 0.25) is 0 Å². The largest absolute Gasteiger partial charge is 0.205 e. The van der Waals surface area contributed by atoms with Gasteiger partial charge in [0, 0.05) is 11.1 Å². The summed E-state index contributed by atoms with van der Waals surface area (Å²) in [4.78, 5) is 3.77. The molecule has 0 saturated heterocycles. The third-order valence-corrected chi connectivity index (χ3v) is 5.10. The molecular weight excluding hydrogens is 389 g/mol. The fourth-order valence-corrected chi connectivity index (χ4v) is 3.42. The molecule has 0 fully saturated rings. The van der Waals surface area contributed by atoms with Crippen LogP contribution in [-0.2, 0) is 6.42 Å². The zero-order valence-electron chi connectivity index (χ0n) is 17.3. The van der Waals surface area contributed by atoms with Crippen LogP contribution in [0.3, 0.4) is 0 Å². The van der Waals surface area contributed by atoms with Gasteiger partial charge in [-0.2, -0.15) is 4.99 Å². The van der Waals surface area contributed by atoms with Gasteiger partial charge in [-0.05, 0) is 78.5 Å². The number of nitrogens with zero attached hydrogens (tertiary/aromatic N) is 1. The van der Waals surface area contributed by atoms with E-state index in [9.17, 15) is 4.39 Å². The number of thiocarbonyl (C=S) groups is 1. The zero-order valence-corrected chi connectivity index (χ0v) is 18.2. The Morgan fingerprint density at radius 3 is 2.10 bits per heavy atom. The van der Waals surface area contributed by atoms with Crippen molar-refractivity contribution in [3.05, 3.63) is 88.7 Å². The van der Waals surface area contributed by atoms with E-state index in [1.807, 2.05) is 12.1 Å². The number of aliphatic imine (C=N–C) groups is 1. The number of aryl methyl sites for hydroxylation is 2. The standard InChI is InChI=1S/C27H24FNS/c1-3-4-5-6-21-9-13-24(14-10-21)25-15-11-22(12-16-25)7-8-23-17-20(2)27(29-19-30)26(28)18-23/h9-18H,3-6H2,1-2H3. The number of hydrogen-bond donors (Lipinski definition) is 0. The summed E-state index contributed by atoms with van der Waals surface area (Å²) >= 11 is 4.56. The molecule has 1 nitrogen and oxygen atoms in total. The Hall–Kier alpha value is -3.05. The highest BCUT2D eigenvalue weighted by Gasteiger charge is 2.06. The normalized spacial score (nSPS) is 10.1. The molecule has 0 spiro atoms. The molecule has 0 bridgehead atoms. The Morgan fingerprint density at radius 2 is 1.50 bits per heavy atom. The molecule has 0 aliphatic rings. The number of unbranched alkanes of at least 4 members (excludes halogenated alkanes) is 2. The minimum Gasteiger partial charge on any atom is -0.205 e. The summed E-state index contributed by atoms with van der Waals surface area (Å²) < 4.78 is 14.1. The van der Waals surface area contributed by atoms with E-state index in [1.165, 1.54) is 36.5 Å². The summed E-state index contributed by atoms with van der Waals surface area (Å²) in [6.07, 6.45) is 4.91. The van der Waals surface area contributed by atoms with E-state index in [1.54, 1.807) is 13.0 Å². The minimum absolute atomic E-state index is 0.219. The molecule has 0 heterocycles. The van der Waals surface area contributed by atoms with Gasteiger partial charge in [0.05, 0.1) is 5.16 Å². The summed E-state index contributed by atoms with van der Waals surface area (Å²) in [5.41, 5.74) is 6.14. The molecule has 3 aromatic carbocycles. The number of hydrogen-bond acceptors (Lipinski definition) is 2. The second-order valence-electron chi connectivity index (χ2n) is 7.31. The van der Waals surface area contributed by atoms with Gasteiger partial charge < -0.3 is 0 Å². The zero-order chi connectivity index (χ0) is 21.3. The SMILES string of the molecule is CCCCCc1ccc(-c2ccc(C#Cc3cc(C)c(N=C=S)c(F)c3)cc2)cc1. The van der Waals surface area contributed by atoms with E-state index in [0.29, 0.717) is 11.1 Å². The van der Waals surface area contributed by atoms with Gasteiger partial charge in [-0.25, -0.2) is 4.39 Å². The molecule has 0 aliphatic carbocycles. The molecule has 3 aromatic rings. The molecule has 0 aromatic heterocycles. The van der Waals surface area contributed by atoms with E-state index in [0.717, 1.165) is 17.5 Å². The Bertz CT molecular complexity index is 1090. The maximum Gasteiger partial charge on any atom is 0.151 e. The molecule has 30 heavy (non-hydrogen) atoms. The summed E-state index contributed by atoms with van der Waals surface area (Å²) in [7, 11) is 0. The molecule has 0 saturated carbocycles. The van der Waals surface area contributed by atoms with Crippen molar-refractivity contribution >= 4 is 23.1 Å². The van der Waals surface area contributed by atoms with Crippen molar-refractivity contribution in [2.24, 2.45) is 4.99 Å². The van der Waals surface area contributed by atoms with Gasteiger partial charge in [0.25, 0.3) is 0 Å². The van der Waals surface area contributed by atoms with E-state index in [4.69, 9.17) is 0 Å². The average Bonchev–Trinajstić information content (AvgIpc) is 2.76. The Kier molecular flexibility index (Phi) is 7.69. The molecule has 150 valence electrons. The van der Waals surface area contributed by atoms with Crippen molar-refractivity contribution in [1.82, 2.24) is 0 Å². The predicted molar refractivity (Wildman–Crippen MR) is 127 cm³/mol. The van der Waals surface area contributed by atoms with Crippen LogP contribution in [0.1, 0.15) is 48.4 Å². The molecule has 0 amide bonds. The lowest BCUT2D eigenvalue weighted by Crippen LogP contribution is -1.86. The van der Waals surface area contributed by atoms with Crippen molar-refractivity contribution < 1.29 is 4.39 Å². The Balaban J connectivity index is 1.72. The lowest BCUT2D eigenvalue weighted by molar-refractivity contribution is 0.628. The summed E-state index contributed by atoms with van der Waals surface area (Å²) in [5, 5.41) is 2.21. The highest BCUT2D eigenvalue weighted by molar-refractivity contribution is 7.78. The van der Waals surface area contributed by atoms with Gasteiger partial charge in [-0.3, -0.25) is 0 Å². The fraction of sp³-hybridized carbons (Fsp3) is 0.222. The molecule has 0 radical (unpaired) electrons. The lowest BCUT2D eigenvalue weighted by atomic mass is 10.0. The number of benzene rings is 3. The summed E-state index contributed by atoms with van der Waals surface area (Å²) in [6.45, 7) is 4.01. The number of halogens is 1. The highest BCUT2D eigenvalue weighted by Crippen LogP contribution is 2.24. The van der Waals surface area contributed by atoms with E-state index in [2.05, 4.69) is 77.5 Å². The van der Waals surface area contributed by atoms with Crippen molar-refractivity contribution in [2.75, 3.05) is 0 Å². The van der Waals surface area contributed by atoms with Crippen LogP contribution in [0.15, 0.2) is 65.7 Å². The van der Waals surface area contributed by atoms with Crippen LogP contribution < -0.4 is 0 Å². The van der Waals surface area contributed by atoms with Crippen LogP contribution in [0.25, 0.3) is 11.1 Å². The van der Waals surface area contributed by atoms with E-state index >= 15 is 0 Å². The van der Waals surface area contributed by atoms with Crippen LogP contribution in [0, 0.1) is 24.6 Å². The van der Waals surface area contributed by atoms with E-state index in [-0.39, 0.29) is 5.69 Å².